The number of benzene rings is 1. The first-order valence-electron chi connectivity index (χ1n) is 8.62. The van der Waals surface area contributed by atoms with Gasteiger partial charge in [0.25, 0.3) is 0 Å². The fourth-order valence-corrected chi connectivity index (χ4v) is 2.59. The molecule has 140 valence electrons. The molecule has 0 saturated carbocycles. The van der Waals surface area contributed by atoms with Crippen molar-refractivity contribution in [2.24, 2.45) is 0 Å². The molecule has 0 aliphatic carbocycles. The molecule has 0 bridgehead atoms. The van der Waals surface area contributed by atoms with Crippen molar-refractivity contribution in [1.82, 2.24) is 15.0 Å². The van der Waals surface area contributed by atoms with Crippen molar-refractivity contribution in [3.05, 3.63) is 65.6 Å². The van der Waals surface area contributed by atoms with Crippen LogP contribution in [0.1, 0.15) is 17.0 Å². The predicted molar refractivity (Wildman–Crippen MR) is 105 cm³/mol. The number of aromatic nitrogens is 3. The summed E-state index contributed by atoms with van der Waals surface area (Å²) >= 11 is 0. The molecule has 0 fully saturated rings. The van der Waals surface area contributed by atoms with Gasteiger partial charge in [0, 0.05) is 24.5 Å². The van der Waals surface area contributed by atoms with Crippen LogP contribution in [-0.2, 0) is 13.1 Å². The third kappa shape index (κ3) is 5.07. The standard InChI is InChI=1S/C20H23N5O2/c1-14-10-19(22-13-16-6-4-5-9-21-16)25-20(24-14)23-12-15-7-8-17(26-2)18(11-15)27-3/h4-11H,12-13H2,1-3H3,(H2,22,23,24,25). The van der Waals surface area contributed by atoms with E-state index in [1.54, 1.807) is 20.4 Å². The molecule has 0 aliphatic rings. The number of hydrogen-bond acceptors (Lipinski definition) is 7. The molecule has 2 N–H and O–H groups in total. The Morgan fingerprint density at radius 2 is 1.74 bits per heavy atom. The van der Waals surface area contributed by atoms with Crippen LogP contribution in [0.5, 0.6) is 11.5 Å². The molecule has 0 saturated heterocycles. The molecule has 0 atom stereocenters. The number of ether oxygens (including phenoxy) is 2. The number of hydrogen-bond donors (Lipinski definition) is 2. The minimum Gasteiger partial charge on any atom is -0.493 e. The van der Waals surface area contributed by atoms with Gasteiger partial charge in [0.1, 0.15) is 5.82 Å². The van der Waals surface area contributed by atoms with Crippen molar-refractivity contribution in [2.45, 2.75) is 20.0 Å². The molecule has 3 aromatic rings. The maximum absolute atomic E-state index is 5.34. The molecule has 0 amide bonds. The number of nitrogens with zero attached hydrogens (tertiary/aromatic N) is 3. The summed E-state index contributed by atoms with van der Waals surface area (Å²) in [6, 6.07) is 13.5. The van der Waals surface area contributed by atoms with Crippen molar-refractivity contribution in [3.8, 4) is 11.5 Å². The lowest BCUT2D eigenvalue weighted by Crippen LogP contribution is -2.08. The summed E-state index contributed by atoms with van der Waals surface area (Å²) in [6.07, 6.45) is 1.78. The second-order valence-electron chi connectivity index (χ2n) is 5.94. The molecular weight excluding hydrogens is 342 g/mol. The van der Waals surface area contributed by atoms with Crippen molar-refractivity contribution >= 4 is 11.8 Å². The zero-order valence-corrected chi connectivity index (χ0v) is 15.7. The number of pyridine rings is 1. The zero-order chi connectivity index (χ0) is 19.1. The lowest BCUT2D eigenvalue weighted by atomic mass is 10.2. The number of methoxy groups -OCH3 is 2. The smallest absolute Gasteiger partial charge is 0.225 e. The van der Waals surface area contributed by atoms with Crippen molar-refractivity contribution in [1.29, 1.82) is 0 Å². The maximum atomic E-state index is 5.34. The van der Waals surface area contributed by atoms with E-state index in [-0.39, 0.29) is 0 Å². The molecule has 0 radical (unpaired) electrons. The molecule has 3 rings (SSSR count). The van der Waals surface area contributed by atoms with E-state index in [1.165, 1.54) is 0 Å². The largest absolute Gasteiger partial charge is 0.493 e. The van der Waals surface area contributed by atoms with Gasteiger partial charge in [-0.05, 0) is 36.8 Å². The van der Waals surface area contributed by atoms with Gasteiger partial charge in [-0.25, -0.2) is 4.98 Å². The Labute approximate surface area is 158 Å². The Balaban J connectivity index is 1.65. The number of rotatable bonds is 8. The van der Waals surface area contributed by atoms with E-state index < -0.39 is 0 Å². The number of nitrogens with one attached hydrogen (secondary N) is 2. The van der Waals surface area contributed by atoms with E-state index in [9.17, 15) is 0 Å². The third-order valence-electron chi connectivity index (χ3n) is 3.93. The normalized spacial score (nSPS) is 10.3. The first-order chi connectivity index (χ1) is 13.2. The fraction of sp³-hybridized carbons (Fsp3) is 0.250. The molecular formula is C20H23N5O2. The Morgan fingerprint density at radius 3 is 2.48 bits per heavy atom. The second-order valence-corrected chi connectivity index (χ2v) is 5.94. The highest BCUT2D eigenvalue weighted by molar-refractivity contribution is 5.45. The SMILES string of the molecule is COc1ccc(CNc2nc(C)cc(NCc3ccccn3)n2)cc1OC. The zero-order valence-electron chi connectivity index (χ0n) is 15.7. The average molecular weight is 365 g/mol. The van der Waals surface area contributed by atoms with E-state index in [2.05, 4.69) is 25.6 Å². The van der Waals surface area contributed by atoms with Gasteiger partial charge in [0.2, 0.25) is 5.95 Å². The van der Waals surface area contributed by atoms with Crippen LogP contribution in [0.3, 0.4) is 0 Å². The minimum atomic E-state index is 0.563. The minimum absolute atomic E-state index is 0.563. The monoisotopic (exact) mass is 365 g/mol. The highest BCUT2D eigenvalue weighted by Gasteiger charge is 2.06. The first kappa shape index (κ1) is 18.4. The summed E-state index contributed by atoms with van der Waals surface area (Å²) in [5, 5.41) is 6.54. The first-order valence-corrected chi connectivity index (χ1v) is 8.62. The summed E-state index contributed by atoms with van der Waals surface area (Å²) in [5.41, 5.74) is 2.87. The second kappa shape index (κ2) is 8.84. The van der Waals surface area contributed by atoms with Crippen molar-refractivity contribution in [3.63, 3.8) is 0 Å². The Hall–Kier alpha value is -3.35. The van der Waals surface area contributed by atoms with Crippen LogP contribution in [0, 0.1) is 6.92 Å². The van der Waals surface area contributed by atoms with Crippen LogP contribution in [0.25, 0.3) is 0 Å². The quantitative estimate of drug-likeness (QED) is 0.633. The highest BCUT2D eigenvalue weighted by atomic mass is 16.5. The predicted octanol–water partition coefficient (Wildman–Crippen LogP) is 3.42. The van der Waals surface area contributed by atoms with Gasteiger partial charge in [-0.1, -0.05) is 12.1 Å². The van der Waals surface area contributed by atoms with Crippen LogP contribution < -0.4 is 20.1 Å². The van der Waals surface area contributed by atoms with Gasteiger partial charge >= 0.3 is 0 Å². The molecule has 7 heteroatoms. The fourth-order valence-electron chi connectivity index (χ4n) is 2.59. The molecule has 7 nitrogen and oxygen atoms in total. The van der Waals surface area contributed by atoms with E-state index >= 15 is 0 Å². The molecule has 0 spiro atoms. The Bertz CT molecular complexity index is 887. The lowest BCUT2D eigenvalue weighted by molar-refractivity contribution is 0.354. The highest BCUT2D eigenvalue weighted by Crippen LogP contribution is 2.27. The van der Waals surface area contributed by atoms with E-state index in [4.69, 9.17) is 9.47 Å². The van der Waals surface area contributed by atoms with E-state index in [1.807, 2.05) is 49.4 Å². The average Bonchev–Trinajstić information content (AvgIpc) is 2.71. The molecule has 0 aliphatic heterocycles. The van der Waals surface area contributed by atoms with Gasteiger partial charge in [-0.15, -0.1) is 0 Å². The summed E-state index contributed by atoms with van der Waals surface area (Å²) in [7, 11) is 3.24. The van der Waals surface area contributed by atoms with Crippen LogP contribution in [0.2, 0.25) is 0 Å². The van der Waals surface area contributed by atoms with Gasteiger partial charge in [-0.3, -0.25) is 4.98 Å². The van der Waals surface area contributed by atoms with Crippen LogP contribution in [0.4, 0.5) is 11.8 Å². The van der Waals surface area contributed by atoms with Gasteiger partial charge < -0.3 is 20.1 Å². The molecule has 1 aromatic carbocycles. The summed E-state index contributed by atoms with van der Waals surface area (Å²) in [5.74, 6) is 2.71. The van der Waals surface area contributed by atoms with Gasteiger partial charge in [0.05, 0.1) is 26.5 Å². The lowest BCUT2D eigenvalue weighted by Gasteiger charge is -2.12. The van der Waals surface area contributed by atoms with E-state index in [0.29, 0.717) is 30.5 Å². The summed E-state index contributed by atoms with van der Waals surface area (Å²) in [4.78, 5) is 13.3. The molecule has 0 unspecified atom stereocenters. The number of aryl methyl sites for hydroxylation is 1. The molecule has 2 aromatic heterocycles. The topological polar surface area (TPSA) is 81.2 Å². The van der Waals surface area contributed by atoms with Crippen LogP contribution in [-0.4, -0.2) is 29.2 Å². The van der Waals surface area contributed by atoms with E-state index in [0.717, 1.165) is 22.8 Å². The Kier molecular flexibility index (Phi) is 6.04. The molecule has 2 heterocycles. The maximum Gasteiger partial charge on any atom is 0.225 e. The third-order valence-corrected chi connectivity index (χ3v) is 3.93. The molecule has 27 heavy (non-hydrogen) atoms. The van der Waals surface area contributed by atoms with Crippen molar-refractivity contribution < 1.29 is 9.47 Å². The summed E-state index contributed by atoms with van der Waals surface area (Å²) < 4.78 is 10.6. The van der Waals surface area contributed by atoms with Crippen LogP contribution >= 0.6 is 0 Å². The Morgan fingerprint density at radius 1 is 0.889 bits per heavy atom. The number of anilines is 2. The van der Waals surface area contributed by atoms with Crippen LogP contribution in [0.15, 0.2) is 48.7 Å². The summed E-state index contributed by atoms with van der Waals surface area (Å²) in [6.45, 7) is 3.12. The van der Waals surface area contributed by atoms with Crippen molar-refractivity contribution in [2.75, 3.05) is 24.9 Å². The van der Waals surface area contributed by atoms with Gasteiger partial charge in [0.15, 0.2) is 11.5 Å². The van der Waals surface area contributed by atoms with Gasteiger partial charge in [-0.2, -0.15) is 4.98 Å².